The van der Waals surface area contributed by atoms with Gasteiger partial charge in [-0.25, -0.2) is 4.79 Å². The minimum absolute atomic E-state index is 0.0994. The third-order valence-corrected chi connectivity index (χ3v) is 4.82. The summed E-state index contributed by atoms with van der Waals surface area (Å²) in [6.45, 7) is 6.05. The van der Waals surface area contributed by atoms with E-state index < -0.39 is 0 Å². The van der Waals surface area contributed by atoms with Crippen LogP contribution in [0.4, 0.5) is 4.79 Å². The summed E-state index contributed by atoms with van der Waals surface area (Å²) in [5, 5.41) is 13.1. The van der Waals surface area contributed by atoms with E-state index in [9.17, 15) is 4.79 Å². The van der Waals surface area contributed by atoms with Crippen LogP contribution in [0.2, 0.25) is 0 Å². The third-order valence-electron chi connectivity index (χ3n) is 4.82. The summed E-state index contributed by atoms with van der Waals surface area (Å²) in [6, 6.07) is 8.01. The molecule has 26 heavy (non-hydrogen) atoms. The summed E-state index contributed by atoms with van der Waals surface area (Å²) in [7, 11) is 2.08. The van der Waals surface area contributed by atoms with Gasteiger partial charge >= 0.3 is 6.09 Å². The summed E-state index contributed by atoms with van der Waals surface area (Å²) >= 11 is 0. The molecule has 6 heteroatoms. The first kappa shape index (κ1) is 18.3. The van der Waals surface area contributed by atoms with Crippen LogP contribution >= 0.6 is 0 Å². The first-order chi connectivity index (χ1) is 12.5. The molecule has 1 amide bonds. The molecule has 0 saturated heterocycles. The van der Waals surface area contributed by atoms with E-state index in [0.717, 1.165) is 30.4 Å². The highest BCUT2D eigenvalue weighted by atomic mass is 16.6. The topological polar surface area (TPSA) is 81.2 Å². The third kappa shape index (κ3) is 4.36. The predicted octanol–water partition coefficient (Wildman–Crippen LogP) is 3.21. The minimum Gasteiger partial charge on any atom is -0.447 e. The first-order valence-electron chi connectivity index (χ1n) is 9.12. The zero-order valence-electron chi connectivity index (χ0n) is 15.6. The van der Waals surface area contributed by atoms with Gasteiger partial charge in [0.05, 0.1) is 17.7 Å². The van der Waals surface area contributed by atoms with Crippen LogP contribution < -0.4 is 5.32 Å². The number of H-pyrrole nitrogens is 1. The summed E-state index contributed by atoms with van der Waals surface area (Å²) < 4.78 is 5.06. The lowest BCUT2D eigenvalue weighted by molar-refractivity contribution is 0.114. The van der Waals surface area contributed by atoms with Crippen LogP contribution in [0.5, 0.6) is 0 Å². The Morgan fingerprint density at radius 2 is 2.31 bits per heavy atom. The molecule has 2 aromatic rings. The van der Waals surface area contributed by atoms with Crippen LogP contribution in [0.3, 0.4) is 0 Å². The number of benzene rings is 1. The second-order valence-electron chi connectivity index (χ2n) is 7.36. The van der Waals surface area contributed by atoms with E-state index >= 15 is 0 Å². The van der Waals surface area contributed by atoms with Crippen molar-refractivity contribution >= 4 is 17.0 Å². The first-order valence-corrected chi connectivity index (χ1v) is 9.12. The molecule has 3 rings (SSSR count). The quantitative estimate of drug-likeness (QED) is 0.800. The van der Waals surface area contributed by atoms with Crippen LogP contribution in [0.1, 0.15) is 37.3 Å². The molecule has 1 aromatic carbocycles. The summed E-state index contributed by atoms with van der Waals surface area (Å²) in [5.41, 5.74) is 3.10. The number of nitrogens with zero attached hydrogens (tertiary/aromatic N) is 2. The number of carbonyl (C=O) groups is 1. The molecule has 2 N–H and O–H groups in total. The molecule has 0 radical (unpaired) electrons. The van der Waals surface area contributed by atoms with E-state index in [1.807, 2.05) is 32.0 Å². The summed E-state index contributed by atoms with van der Waals surface area (Å²) in [4.78, 5) is 17.0. The van der Waals surface area contributed by atoms with Crippen LogP contribution in [-0.4, -0.2) is 48.8 Å². The van der Waals surface area contributed by atoms with E-state index in [2.05, 4.69) is 34.5 Å². The number of fused-ring (bicyclic) bond motifs is 1. The van der Waals surface area contributed by atoms with Crippen molar-refractivity contribution in [3.63, 3.8) is 0 Å². The van der Waals surface area contributed by atoms with Crippen LogP contribution in [0.15, 0.2) is 24.4 Å². The van der Waals surface area contributed by atoms with Gasteiger partial charge in [0, 0.05) is 36.7 Å². The zero-order valence-corrected chi connectivity index (χ0v) is 15.6. The predicted molar refractivity (Wildman–Crippen MR) is 101 cm³/mol. The van der Waals surface area contributed by atoms with E-state index in [1.54, 1.807) is 0 Å². The molecule has 1 aromatic heterocycles. The monoisotopic (exact) mass is 354 g/mol. The fraction of sp³-hybridized carbons (Fsp3) is 0.500. The number of amides is 1. The van der Waals surface area contributed by atoms with Gasteiger partial charge in [-0.1, -0.05) is 0 Å². The molecular weight excluding hydrogens is 328 g/mol. The number of carbonyl (C=O) groups excluding carboxylic acids is 1. The fourth-order valence-electron chi connectivity index (χ4n) is 3.44. The SMILES string of the molecule is CC(C)OC(=O)NCCN(C)CC1CC1c1c[nH]c2ccc(C#N)cc12. The average Bonchev–Trinajstić information content (AvgIpc) is 3.21. The van der Waals surface area contributed by atoms with E-state index in [4.69, 9.17) is 10.00 Å². The lowest BCUT2D eigenvalue weighted by Gasteiger charge is -2.17. The highest BCUT2D eigenvalue weighted by Gasteiger charge is 2.40. The molecule has 0 bridgehead atoms. The van der Waals surface area contributed by atoms with E-state index in [0.29, 0.717) is 23.9 Å². The molecular formula is C20H26N4O2. The highest BCUT2D eigenvalue weighted by molar-refractivity contribution is 5.85. The number of alkyl carbamates (subject to hydrolysis) is 1. The van der Waals surface area contributed by atoms with Gasteiger partial charge in [0.25, 0.3) is 0 Å². The molecule has 0 spiro atoms. The van der Waals surface area contributed by atoms with Crippen molar-refractivity contribution in [2.75, 3.05) is 26.7 Å². The van der Waals surface area contributed by atoms with E-state index in [-0.39, 0.29) is 12.2 Å². The molecule has 138 valence electrons. The van der Waals surface area contributed by atoms with Gasteiger partial charge in [0.15, 0.2) is 0 Å². The molecule has 0 aliphatic heterocycles. The van der Waals surface area contributed by atoms with Crippen molar-refractivity contribution in [1.82, 2.24) is 15.2 Å². The lowest BCUT2D eigenvalue weighted by atomic mass is 10.1. The lowest BCUT2D eigenvalue weighted by Crippen LogP contribution is -2.35. The Labute approximate surface area is 154 Å². The van der Waals surface area contributed by atoms with Crippen LogP contribution in [0.25, 0.3) is 10.9 Å². The number of aromatic amines is 1. The molecule has 1 fully saturated rings. The molecule has 1 aliphatic rings. The molecule has 1 heterocycles. The number of aromatic nitrogens is 1. The number of hydrogen-bond donors (Lipinski definition) is 2. The number of hydrogen-bond acceptors (Lipinski definition) is 4. The van der Waals surface area contributed by atoms with Crippen molar-refractivity contribution in [3.05, 3.63) is 35.5 Å². The number of ether oxygens (including phenoxy) is 1. The van der Waals surface area contributed by atoms with Gasteiger partial charge < -0.3 is 19.9 Å². The van der Waals surface area contributed by atoms with Crippen LogP contribution in [-0.2, 0) is 4.74 Å². The van der Waals surface area contributed by atoms with Gasteiger partial charge in [0.1, 0.15) is 0 Å². The minimum atomic E-state index is -0.357. The number of nitrogens with one attached hydrogen (secondary N) is 2. The highest BCUT2D eigenvalue weighted by Crippen LogP contribution is 2.49. The summed E-state index contributed by atoms with van der Waals surface area (Å²) in [5.74, 6) is 1.16. The van der Waals surface area contributed by atoms with Crippen molar-refractivity contribution in [2.24, 2.45) is 5.92 Å². The number of nitriles is 1. The van der Waals surface area contributed by atoms with Crippen molar-refractivity contribution in [1.29, 1.82) is 5.26 Å². The molecule has 2 atom stereocenters. The van der Waals surface area contributed by atoms with Crippen LogP contribution in [0, 0.1) is 17.2 Å². The Balaban J connectivity index is 1.49. The molecule has 1 saturated carbocycles. The Bertz CT molecular complexity index is 821. The maximum Gasteiger partial charge on any atom is 0.407 e. The molecule has 2 unspecified atom stereocenters. The molecule has 6 nitrogen and oxygen atoms in total. The van der Waals surface area contributed by atoms with Gasteiger partial charge in [-0.2, -0.15) is 5.26 Å². The maximum absolute atomic E-state index is 11.5. The average molecular weight is 354 g/mol. The Kier molecular flexibility index (Phi) is 5.48. The van der Waals surface area contributed by atoms with Gasteiger partial charge in [0.2, 0.25) is 0 Å². The number of likely N-dealkylation sites (N-methyl/N-ethyl adjacent to an activating group) is 1. The second kappa shape index (κ2) is 7.79. The van der Waals surface area contributed by atoms with Gasteiger partial charge in [-0.05, 0) is 62.9 Å². The van der Waals surface area contributed by atoms with Gasteiger partial charge in [-0.3, -0.25) is 0 Å². The van der Waals surface area contributed by atoms with Gasteiger partial charge in [-0.15, -0.1) is 0 Å². The Morgan fingerprint density at radius 1 is 1.50 bits per heavy atom. The van der Waals surface area contributed by atoms with Crippen molar-refractivity contribution in [2.45, 2.75) is 32.3 Å². The maximum atomic E-state index is 11.5. The fourth-order valence-corrected chi connectivity index (χ4v) is 3.44. The smallest absolute Gasteiger partial charge is 0.407 e. The normalized spacial score (nSPS) is 18.9. The molecule has 1 aliphatic carbocycles. The Morgan fingerprint density at radius 3 is 3.04 bits per heavy atom. The zero-order chi connectivity index (χ0) is 18.7. The number of rotatable bonds is 7. The Hall–Kier alpha value is -2.52. The standard InChI is InChI=1S/C20H26N4O2/c1-13(2)26-20(25)22-6-7-24(3)12-15-9-16(15)18-11-23-19-5-4-14(10-21)8-17(18)19/h4-5,8,11,13,15-16,23H,6-7,9,12H2,1-3H3,(H,22,25). The van der Waals surface area contributed by atoms with Crippen molar-refractivity contribution in [3.8, 4) is 6.07 Å². The summed E-state index contributed by atoms with van der Waals surface area (Å²) in [6.07, 6.45) is 2.79. The van der Waals surface area contributed by atoms with Crippen molar-refractivity contribution < 1.29 is 9.53 Å². The van der Waals surface area contributed by atoms with E-state index in [1.165, 1.54) is 5.56 Å². The largest absolute Gasteiger partial charge is 0.447 e. The second-order valence-corrected chi connectivity index (χ2v) is 7.36.